The number of esters is 1. The third-order valence-electron chi connectivity index (χ3n) is 15.1. The van der Waals surface area contributed by atoms with Gasteiger partial charge in [0.25, 0.3) is 0 Å². The van der Waals surface area contributed by atoms with E-state index >= 15 is 0 Å². The smallest absolute Gasteiger partial charge is 0.338 e. The Morgan fingerprint density at radius 2 is 0.663 bits per heavy atom. The summed E-state index contributed by atoms with van der Waals surface area (Å²) in [7, 11) is 0. The Morgan fingerprint density at radius 1 is 0.402 bits per heavy atom. The van der Waals surface area contributed by atoms with Crippen LogP contribution in [0.1, 0.15) is 188 Å². The summed E-state index contributed by atoms with van der Waals surface area (Å²) < 4.78 is 24.5. The molecule has 4 heterocycles. The molecule has 0 spiro atoms. The predicted molar refractivity (Wildman–Crippen MR) is 337 cm³/mol. The molecule has 92 heavy (non-hydrogen) atoms. The fourth-order valence-electron chi connectivity index (χ4n) is 9.81. The van der Waals surface area contributed by atoms with Crippen molar-refractivity contribution in [1.29, 1.82) is 0 Å². The van der Waals surface area contributed by atoms with Gasteiger partial charge in [-0.15, -0.1) is 0 Å². The van der Waals surface area contributed by atoms with Crippen LogP contribution < -0.4 is 21.3 Å². The zero-order valence-corrected chi connectivity index (χ0v) is 57.4. The summed E-state index contributed by atoms with van der Waals surface area (Å²) in [4.78, 5) is 141. The molecule has 0 unspecified atom stereocenters. The first-order valence-electron chi connectivity index (χ1n) is 32.8. The Kier molecular flexibility index (Phi) is 38.3. The number of aliphatic carboxylic acids is 3. The number of hydrogen-bond donors (Lipinski definition) is 9. The lowest BCUT2D eigenvalue weighted by Crippen LogP contribution is -2.36. The van der Waals surface area contributed by atoms with Crippen molar-refractivity contribution in [1.82, 2.24) is 21.3 Å². The SMILES string of the molecule is CC(C)CCNC(=O)[C@@H](CC(=O)[C@H]1O[C@@H]1C(=O)O)CC(C)C.CC(C)C[C@H](CC(=O)[C@H]1O[C@@H]1C(=O)O)C(=O)NCCC(C)(C)O.CC(C)C[C@H](CC(=O)[C@H]1O[C@@H]1C(=O)O)C(=O)NCC[C@H](C)CO.CCOC(=O)[C@H]1O[C@@H]1C(=O)C[C@@H](CC(C)C)C(=O)NCCC(C)C. The van der Waals surface area contributed by atoms with Gasteiger partial charge in [-0.1, -0.05) is 90.0 Å². The Bertz CT molecular complexity index is 2400. The first-order valence-corrected chi connectivity index (χ1v) is 32.8. The second kappa shape index (κ2) is 41.8. The van der Waals surface area contributed by atoms with Crippen LogP contribution >= 0.6 is 0 Å². The van der Waals surface area contributed by atoms with Gasteiger partial charge in [-0.25, -0.2) is 19.2 Å². The Hall–Kier alpha value is -5.80. The molecular weight excluding hydrogens is 1200 g/mol. The molecule has 26 heteroatoms. The predicted octanol–water partition coefficient (Wildman–Crippen LogP) is 5.05. The van der Waals surface area contributed by atoms with Gasteiger partial charge in [0.15, 0.2) is 72.0 Å². The highest BCUT2D eigenvalue weighted by Crippen LogP contribution is 2.32. The number of Topliss-reactive ketones (excluding diaryl/α,β-unsaturated/α-hetero) is 4. The third kappa shape index (κ3) is 35.5. The maximum absolute atomic E-state index is 12.4. The van der Waals surface area contributed by atoms with Crippen molar-refractivity contribution >= 4 is 70.6 Å². The number of aliphatic hydroxyl groups excluding tert-OH is 1. The standard InChI is InChI=1S/C18H31NO5.2C16H27NO6.C16H27NO5/c1-6-23-18(22)16-15(24-16)14(20)10-13(9-12(4)5)17(21)19-8-7-11(2)3;1-9(2)7-10(14(19)17-6-5-16(3,4)22)8-11(18)12-13(23-12)15(20)21;1-9(2)6-11(15(20)17-5-4-10(3)8-18)7-12(19)13-14(23-13)16(21)22;1-9(2)5-6-17-15(19)11(7-10(3)4)8-12(18)13-14(22-13)16(20)21/h11-13,15-16H,6-10H2,1-5H3,(H,19,21);9-10,12-13,22H,5-8H2,1-4H3,(H,17,19)(H,20,21);9-11,13-14,18H,4-8H2,1-3H3,(H,17,20)(H,21,22);9-11,13-14H,5-8H2,1-4H3,(H,17,19)(H,20,21)/t13-,15-,16+;10-,12-,13+;10-,11+,13+,14-;11-,13-,14+/m1101/s1. The Labute approximate surface area is 543 Å². The number of epoxide rings is 4. The van der Waals surface area contributed by atoms with Crippen LogP contribution in [-0.4, -0.2) is 190 Å². The van der Waals surface area contributed by atoms with Gasteiger partial charge < -0.3 is 70.5 Å². The molecule has 9 N–H and O–H groups in total. The minimum Gasteiger partial charge on any atom is -0.479 e. The van der Waals surface area contributed by atoms with Crippen LogP contribution in [0.5, 0.6) is 0 Å². The number of aliphatic hydroxyl groups is 2. The number of hydrogen-bond acceptors (Lipinski definition) is 19. The van der Waals surface area contributed by atoms with E-state index in [1.807, 2.05) is 62.3 Å². The highest BCUT2D eigenvalue weighted by Gasteiger charge is 2.54. The van der Waals surface area contributed by atoms with Crippen LogP contribution in [0.3, 0.4) is 0 Å². The molecule has 0 saturated carbocycles. The minimum absolute atomic E-state index is 0.00594. The lowest BCUT2D eigenvalue weighted by Gasteiger charge is -2.20. The summed E-state index contributed by atoms with van der Waals surface area (Å²) in [6.45, 7) is 33.4. The molecular formula is C66H112N4O22. The highest BCUT2D eigenvalue weighted by atomic mass is 16.6. The molecule has 0 bridgehead atoms. The quantitative estimate of drug-likeness (QED) is 0.0285. The summed E-state index contributed by atoms with van der Waals surface area (Å²) in [6.07, 6.45) is -2.11. The lowest BCUT2D eigenvalue weighted by molar-refractivity contribution is -0.145. The molecule has 13 atom stereocenters. The monoisotopic (exact) mass is 1310 g/mol. The average molecular weight is 1310 g/mol. The van der Waals surface area contributed by atoms with E-state index in [2.05, 4.69) is 49.0 Å². The van der Waals surface area contributed by atoms with Gasteiger partial charge >= 0.3 is 23.9 Å². The lowest BCUT2D eigenvalue weighted by atomic mass is 9.90. The average Bonchev–Trinajstić information content (AvgIpc) is 1.83. The van der Waals surface area contributed by atoms with Crippen molar-refractivity contribution in [2.24, 2.45) is 65.1 Å². The van der Waals surface area contributed by atoms with E-state index < -0.39 is 96.1 Å². The first kappa shape index (κ1) is 84.2. The van der Waals surface area contributed by atoms with Crippen molar-refractivity contribution in [3.63, 3.8) is 0 Å². The van der Waals surface area contributed by atoms with E-state index in [9.17, 15) is 62.6 Å². The molecule has 4 aliphatic heterocycles. The summed E-state index contributed by atoms with van der Waals surface area (Å²) in [5, 5.41) is 56.2. The molecule has 0 aromatic heterocycles. The molecule has 4 saturated heterocycles. The Morgan fingerprint density at radius 3 is 0.891 bits per heavy atom. The van der Waals surface area contributed by atoms with Crippen LogP contribution in [0.15, 0.2) is 0 Å². The van der Waals surface area contributed by atoms with Crippen LogP contribution in [0.2, 0.25) is 0 Å². The van der Waals surface area contributed by atoms with Crippen molar-refractivity contribution in [2.45, 2.75) is 242 Å². The second-order valence-corrected chi connectivity index (χ2v) is 27.8. The van der Waals surface area contributed by atoms with Gasteiger partial charge in [0, 0.05) is 82.1 Å². The number of carbonyl (C=O) groups excluding carboxylic acids is 9. The van der Waals surface area contributed by atoms with Crippen molar-refractivity contribution in [2.75, 3.05) is 39.4 Å². The third-order valence-corrected chi connectivity index (χ3v) is 15.1. The van der Waals surface area contributed by atoms with Crippen LogP contribution in [0, 0.1) is 65.1 Å². The van der Waals surface area contributed by atoms with Gasteiger partial charge in [-0.3, -0.25) is 38.4 Å². The highest BCUT2D eigenvalue weighted by molar-refractivity contribution is 5.98. The number of carbonyl (C=O) groups is 12. The molecule has 0 aromatic rings. The summed E-state index contributed by atoms with van der Waals surface area (Å²) in [5.74, 6) is -5.38. The van der Waals surface area contributed by atoms with Crippen molar-refractivity contribution in [3.05, 3.63) is 0 Å². The fourth-order valence-corrected chi connectivity index (χ4v) is 9.81. The zero-order valence-electron chi connectivity index (χ0n) is 57.4. The number of rotatable bonds is 42. The molecule has 528 valence electrons. The number of amides is 4. The molecule has 4 amide bonds. The molecule has 4 fully saturated rings. The zero-order chi connectivity index (χ0) is 70.5. The number of ether oxygens (including phenoxy) is 5. The van der Waals surface area contributed by atoms with Crippen molar-refractivity contribution in [3.8, 4) is 0 Å². The number of ketones is 4. The van der Waals surface area contributed by atoms with E-state index in [1.165, 1.54) is 0 Å². The Balaban J connectivity index is 0.000000614. The molecule has 4 aliphatic rings. The van der Waals surface area contributed by atoms with E-state index in [0.717, 1.165) is 12.8 Å². The maximum atomic E-state index is 12.4. The topological polar surface area (TPSA) is 413 Å². The van der Waals surface area contributed by atoms with E-state index in [-0.39, 0.29) is 115 Å². The van der Waals surface area contributed by atoms with Crippen molar-refractivity contribution < 1.29 is 107 Å². The second-order valence-electron chi connectivity index (χ2n) is 27.8. The molecule has 0 aromatic carbocycles. The van der Waals surface area contributed by atoms with Crippen LogP contribution in [0.4, 0.5) is 0 Å². The number of carboxylic acids is 3. The first-order chi connectivity index (χ1) is 42.7. The number of carboxylic acid groups (broad SMARTS) is 3. The molecule has 0 radical (unpaired) electrons. The van der Waals surface area contributed by atoms with E-state index in [1.54, 1.807) is 20.8 Å². The van der Waals surface area contributed by atoms with E-state index in [0.29, 0.717) is 82.5 Å². The fraction of sp³-hybridized carbons (Fsp3) is 0.818. The largest absolute Gasteiger partial charge is 0.479 e. The molecule has 4 rings (SSSR count). The van der Waals surface area contributed by atoms with Gasteiger partial charge in [-0.05, 0) is 114 Å². The summed E-state index contributed by atoms with van der Waals surface area (Å²) in [6, 6.07) is 0. The van der Waals surface area contributed by atoms with E-state index in [4.69, 9.17) is 44.1 Å². The van der Waals surface area contributed by atoms with Gasteiger partial charge in [0.1, 0.15) is 0 Å². The van der Waals surface area contributed by atoms with Gasteiger partial charge in [0.2, 0.25) is 23.6 Å². The van der Waals surface area contributed by atoms with Crippen LogP contribution in [-0.2, 0) is 81.2 Å². The van der Waals surface area contributed by atoms with Crippen LogP contribution in [0.25, 0.3) is 0 Å². The number of nitrogens with one attached hydrogen (secondary N) is 4. The van der Waals surface area contributed by atoms with Gasteiger partial charge in [-0.2, -0.15) is 0 Å². The van der Waals surface area contributed by atoms with Gasteiger partial charge in [0.05, 0.1) is 12.2 Å². The maximum Gasteiger partial charge on any atom is 0.338 e. The summed E-state index contributed by atoms with van der Waals surface area (Å²) >= 11 is 0. The molecule has 26 nitrogen and oxygen atoms in total. The molecule has 0 aliphatic carbocycles. The minimum atomic E-state index is -1.15. The summed E-state index contributed by atoms with van der Waals surface area (Å²) in [5.41, 5.74) is -0.868. The normalized spacial score (nSPS) is 21.7.